The van der Waals surface area contributed by atoms with Crippen molar-refractivity contribution in [3.63, 3.8) is 0 Å². The van der Waals surface area contributed by atoms with Crippen LogP contribution in [0.15, 0.2) is 94.7 Å². The minimum Gasteiger partial charge on any atom is -0.268 e. The van der Waals surface area contributed by atoms with Crippen LogP contribution in [0.25, 0.3) is 0 Å². The van der Waals surface area contributed by atoms with Crippen LogP contribution in [-0.4, -0.2) is 41.9 Å². The Labute approximate surface area is 224 Å². The van der Waals surface area contributed by atoms with Crippen LogP contribution in [0.2, 0.25) is 10.0 Å². The molecule has 1 aliphatic rings. The minimum absolute atomic E-state index is 0.102. The van der Waals surface area contributed by atoms with Crippen molar-refractivity contribution in [3.05, 3.63) is 111 Å². The zero-order valence-corrected chi connectivity index (χ0v) is 22.2. The molecule has 1 saturated heterocycles. The summed E-state index contributed by atoms with van der Waals surface area (Å²) in [6.07, 6.45) is 0.618. The first-order valence-corrected chi connectivity index (χ1v) is 14.1. The lowest BCUT2D eigenvalue weighted by Crippen LogP contribution is -2.57. The summed E-state index contributed by atoms with van der Waals surface area (Å²) in [6, 6.07) is 23.4. The monoisotopic (exact) mass is 560 g/mol. The number of rotatable bonds is 8. The third-order valence-electron chi connectivity index (χ3n) is 5.58. The number of nitrogens with zero attached hydrogens (tertiary/aromatic N) is 2. The number of hydrogen-bond acceptors (Lipinski definition) is 5. The molecule has 36 heavy (non-hydrogen) atoms. The fourth-order valence-electron chi connectivity index (χ4n) is 3.69. The molecule has 4 rings (SSSR count). The van der Waals surface area contributed by atoms with Crippen molar-refractivity contribution in [3.8, 4) is 0 Å². The van der Waals surface area contributed by atoms with Crippen LogP contribution in [0.1, 0.15) is 11.1 Å². The van der Waals surface area contributed by atoms with E-state index in [4.69, 9.17) is 23.2 Å². The second-order valence-corrected chi connectivity index (χ2v) is 11.4. The molecule has 0 saturated carbocycles. The molecule has 0 radical (unpaired) electrons. The van der Waals surface area contributed by atoms with E-state index >= 15 is 0 Å². The van der Waals surface area contributed by atoms with E-state index in [1.165, 1.54) is 5.41 Å². The first-order chi connectivity index (χ1) is 17.3. The minimum atomic E-state index is -4.37. The molecule has 0 unspecified atom stereocenters. The van der Waals surface area contributed by atoms with Crippen LogP contribution >= 0.6 is 35.0 Å². The molecule has 1 aliphatic heterocycles. The van der Waals surface area contributed by atoms with Crippen molar-refractivity contribution in [2.24, 2.45) is 0 Å². The van der Waals surface area contributed by atoms with Crippen LogP contribution in [0.4, 0.5) is 0 Å². The summed E-state index contributed by atoms with van der Waals surface area (Å²) in [5, 5.41) is 2.04. The molecule has 10 heteroatoms. The van der Waals surface area contributed by atoms with Gasteiger partial charge in [0, 0.05) is 18.0 Å². The SMILES string of the molecule is O=C1C(=CSc2c(Cl)cccc2Cl)C(=O)N(CCc2ccccc2)S(=O)(=O)N1CCc1ccccc1. The molecule has 3 aromatic rings. The number of halogens is 2. The van der Waals surface area contributed by atoms with Gasteiger partial charge in [-0.25, -0.2) is 8.61 Å². The van der Waals surface area contributed by atoms with Crippen molar-refractivity contribution in [2.75, 3.05) is 13.1 Å². The normalized spacial score (nSPS) is 15.3. The molecule has 3 aromatic carbocycles. The number of thioether (sulfide) groups is 1. The molecular formula is C26H22Cl2N2O4S2. The predicted molar refractivity (Wildman–Crippen MR) is 143 cm³/mol. The highest BCUT2D eigenvalue weighted by Crippen LogP contribution is 2.36. The summed E-state index contributed by atoms with van der Waals surface area (Å²) in [7, 11) is -4.37. The maximum absolute atomic E-state index is 13.4. The fraction of sp³-hybridized carbons (Fsp3) is 0.154. The maximum Gasteiger partial charge on any atom is 0.331 e. The molecule has 6 nitrogen and oxygen atoms in total. The third-order valence-corrected chi connectivity index (χ3v) is 9.27. The molecule has 186 valence electrons. The zero-order chi connectivity index (χ0) is 25.7. The van der Waals surface area contributed by atoms with Crippen molar-refractivity contribution >= 4 is 57.0 Å². The van der Waals surface area contributed by atoms with Crippen LogP contribution < -0.4 is 0 Å². The standard InChI is InChI=1S/C26H22Cl2N2O4S2/c27-22-12-7-13-23(28)24(22)35-18-21-25(31)29(16-14-19-8-3-1-4-9-19)36(33,34)30(26(21)32)17-15-20-10-5-2-6-11-20/h1-13,18H,14-17H2. The Balaban J connectivity index is 1.66. The van der Waals surface area contributed by atoms with Gasteiger partial charge in [-0.15, -0.1) is 0 Å². The lowest BCUT2D eigenvalue weighted by atomic mass is 10.1. The van der Waals surface area contributed by atoms with Crippen molar-refractivity contribution < 1.29 is 18.0 Å². The average Bonchev–Trinajstić information content (AvgIpc) is 2.86. The summed E-state index contributed by atoms with van der Waals surface area (Å²) >= 11 is 13.5. The summed E-state index contributed by atoms with van der Waals surface area (Å²) in [6.45, 7) is -0.204. The summed E-state index contributed by atoms with van der Waals surface area (Å²) in [4.78, 5) is 27.1. The number of carbonyl (C=O) groups excluding carboxylic acids is 2. The van der Waals surface area contributed by atoms with Crippen LogP contribution in [0.3, 0.4) is 0 Å². The topological polar surface area (TPSA) is 74.8 Å². The highest BCUT2D eigenvalue weighted by molar-refractivity contribution is 8.02. The van der Waals surface area contributed by atoms with E-state index in [-0.39, 0.29) is 18.7 Å². The molecule has 1 fully saturated rings. The van der Waals surface area contributed by atoms with E-state index in [2.05, 4.69) is 0 Å². The Hall–Kier alpha value is -2.78. The van der Waals surface area contributed by atoms with Crippen LogP contribution in [-0.2, 0) is 32.6 Å². The first-order valence-electron chi connectivity index (χ1n) is 11.1. The van der Waals surface area contributed by atoms with E-state index in [1.807, 2.05) is 60.7 Å². The number of amides is 2. The van der Waals surface area contributed by atoms with Gasteiger partial charge in [0.15, 0.2) is 0 Å². The number of hydrogen-bond donors (Lipinski definition) is 0. The largest absolute Gasteiger partial charge is 0.331 e. The highest BCUT2D eigenvalue weighted by Gasteiger charge is 2.46. The van der Waals surface area contributed by atoms with Crippen LogP contribution in [0.5, 0.6) is 0 Å². The Kier molecular flexibility index (Phi) is 8.41. The van der Waals surface area contributed by atoms with Gasteiger partial charge in [-0.3, -0.25) is 9.59 Å². The number of benzene rings is 3. The molecular weight excluding hydrogens is 539 g/mol. The highest BCUT2D eigenvalue weighted by atomic mass is 35.5. The first kappa shape index (κ1) is 26.3. The van der Waals surface area contributed by atoms with Gasteiger partial charge in [-0.1, -0.05) is 102 Å². The zero-order valence-electron chi connectivity index (χ0n) is 19.0. The van der Waals surface area contributed by atoms with E-state index in [0.717, 1.165) is 31.5 Å². The molecule has 2 amide bonds. The lowest BCUT2D eigenvalue weighted by Gasteiger charge is -2.35. The molecule has 1 heterocycles. The molecule has 0 atom stereocenters. The van der Waals surface area contributed by atoms with Gasteiger partial charge in [0.25, 0.3) is 11.8 Å². The van der Waals surface area contributed by atoms with E-state index in [1.54, 1.807) is 18.2 Å². The Morgan fingerprint density at radius 2 is 1.14 bits per heavy atom. The lowest BCUT2D eigenvalue weighted by molar-refractivity contribution is -0.131. The van der Waals surface area contributed by atoms with Crippen LogP contribution in [0, 0.1) is 0 Å². The maximum atomic E-state index is 13.4. The summed E-state index contributed by atoms with van der Waals surface area (Å²) < 4.78 is 28.4. The summed E-state index contributed by atoms with van der Waals surface area (Å²) in [5.41, 5.74) is 1.49. The van der Waals surface area contributed by atoms with Gasteiger partial charge in [0.1, 0.15) is 5.57 Å². The molecule has 0 N–H and O–H groups in total. The smallest absolute Gasteiger partial charge is 0.268 e. The van der Waals surface area contributed by atoms with Crippen molar-refractivity contribution in [2.45, 2.75) is 17.7 Å². The van der Waals surface area contributed by atoms with Crippen molar-refractivity contribution in [1.82, 2.24) is 8.61 Å². The molecule has 0 aliphatic carbocycles. The quantitative estimate of drug-likeness (QED) is 0.210. The Morgan fingerprint density at radius 1 is 0.694 bits per heavy atom. The van der Waals surface area contributed by atoms with Gasteiger partial charge >= 0.3 is 10.2 Å². The summed E-state index contributed by atoms with van der Waals surface area (Å²) in [5.74, 6) is -1.75. The van der Waals surface area contributed by atoms with Gasteiger partial charge in [0.05, 0.1) is 10.0 Å². The van der Waals surface area contributed by atoms with Gasteiger partial charge in [-0.2, -0.15) is 8.42 Å². The average molecular weight is 562 g/mol. The Morgan fingerprint density at radius 3 is 1.58 bits per heavy atom. The predicted octanol–water partition coefficient (Wildman–Crippen LogP) is 5.37. The number of carbonyl (C=O) groups is 2. The third kappa shape index (κ3) is 5.78. The molecule has 0 spiro atoms. The van der Waals surface area contributed by atoms with E-state index in [0.29, 0.717) is 27.8 Å². The van der Waals surface area contributed by atoms with E-state index in [9.17, 15) is 18.0 Å². The van der Waals surface area contributed by atoms with Crippen molar-refractivity contribution in [1.29, 1.82) is 0 Å². The van der Waals surface area contributed by atoms with Gasteiger partial charge in [-0.05, 0) is 41.5 Å². The Bertz CT molecular complexity index is 1310. The molecule has 0 aromatic heterocycles. The van der Waals surface area contributed by atoms with Gasteiger partial charge < -0.3 is 0 Å². The van der Waals surface area contributed by atoms with E-state index < -0.39 is 22.0 Å². The molecule has 0 bridgehead atoms. The van der Waals surface area contributed by atoms with Gasteiger partial charge in [0.2, 0.25) is 0 Å². The fourth-order valence-corrected chi connectivity index (χ4v) is 6.65. The second-order valence-electron chi connectivity index (χ2n) is 7.93. The second kappa shape index (κ2) is 11.5.